The first-order chi connectivity index (χ1) is 10.6. The van der Waals surface area contributed by atoms with Gasteiger partial charge in [-0.05, 0) is 30.2 Å². The van der Waals surface area contributed by atoms with E-state index in [9.17, 15) is 4.39 Å². The quantitative estimate of drug-likeness (QED) is 0.794. The fourth-order valence-corrected chi connectivity index (χ4v) is 2.01. The Morgan fingerprint density at radius 2 is 1.95 bits per heavy atom. The van der Waals surface area contributed by atoms with Crippen LogP contribution in [0.4, 0.5) is 4.39 Å². The second-order valence-electron chi connectivity index (χ2n) is 5.33. The number of halogens is 1. The van der Waals surface area contributed by atoms with Crippen LogP contribution in [0.2, 0.25) is 0 Å². The predicted octanol–water partition coefficient (Wildman–Crippen LogP) is 3.92. The average Bonchev–Trinajstić information content (AvgIpc) is 2.53. The monoisotopic (exact) mass is 297 g/mol. The van der Waals surface area contributed by atoms with Gasteiger partial charge >= 0.3 is 0 Å². The standard InChI is InChI=1S/C18H20FN3/c1-13(2)18(11-16(20)17-9-5-6-10-21-17)22-12-14-7-3-4-8-15(14)19/h3-11,13,20,22H,12H2,1-2H3/b18-11-,20-16?. The van der Waals surface area contributed by atoms with Gasteiger partial charge in [0.15, 0.2) is 0 Å². The van der Waals surface area contributed by atoms with Crippen LogP contribution in [0.5, 0.6) is 0 Å². The van der Waals surface area contributed by atoms with Crippen LogP contribution in [0.3, 0.4) is 0 Å². The first kappa shape index (κ1) is 15.9. The molecule has 0 amide bonds. The zero-order valence-electron chi connectivity index (χ0n) is 12.8. The third-order valence-electron chi connectivity index (χ3n) is 3.30. The van der Waals surface area contributed by atoms with E-state index in [4.69, 9.17) is 5.41 Å². The van der Waals surface area contributed by atoms with Crippen LogP contribution in [0.25, 0.3) is 0 Å². The maximum Gasteiger partial charge on any atom is 0.128 e. The van der Waals surface area contributed by atoms with E-state index < -0.39 is 0 Å². The Balaban J connectivity index is 2.12. The minimum absolute atomic E-state index is 0.204. The van der Waals surface area contributed by atoms with Crippen LogP contribution in [0.1, 0.15) is 25.1 Å². The Hall–Kier alpha value is -2.49. The number of nitrogens with one attached hydrogen (secondary N) is 2. The van der Waals surface area contributed by atoms with Crippen LogP contribution in [0.15, 0.2) is 60.4 Å². The molecule has 0 aliphatic heterocycles. The molecule has 0 fully saturated rings. The molecular weight excluding hydrogens is 277 g/mol. The van der Waals surface area contributed by atoms with Gasteiger partial charge in [0, 0.05) is 24.0 Å². The molecule has 0 saturated heterocycles. The summed E-state index contributed by atoms with van der Waals surface area (Å²) in [6, 6.07) is 12.2. The summed E-state index contributed by atoms with van der Waals surface area (Å²) in [5.74, 6) is -0.0197. The number of nitrogens with zero attached hydrogens (tertiary/aromatic N) is 1. The number of aromatic nitrogens is 1. The van der Waals surface area contributed by atoms with E-state index in [1.54, 1.807) is 30.5 Å². The Bertz CT molecular complexity index is 663. The van der Waals surface area contributed by atoms with Gasteiger partial charge in [-0.15, -0.1) is 0 Å². The summed E-state index contributed by atoms with van der Waals surface area (Å²) >= 11 is 0. The lowest BCUT2D eigenvalue weighted by molar-refractivity contribution is 0.588. The summed E-state index contributed by atoms with van der Waals surface area (Å²) in [4.78, 5) is 4.17. The fourth-order valence-electron chi connectivity index (χ4n) is 2.01. The summed E-state index contributed by atoms with van der Waals surface area (Å²) in [6.07, 6.45) is 3.42. The average molecular weight is 297 g/mol. The van der Waals surface area contributed by atoms with Crippen molar-refractivity contribution in [1.82, 2.24) is 10.3 Å². The molecule has 3 nitrogen and oxygen atoms in total. The van der Waals surface area contributed by atoms with Crippen molar-refractivity contribution in [1.29, 1.82) is 5.41 Å². The first-order valence-electron chi connectivity index (χ1n) is 7.26. The van der Waals surface area contributed by atoms with Gasteiger partial charge in [0.05, 0.1) is 11.4 Å². The molecule has 114 valence electrons. The zero-order chi connectivity index (χ0) is 15.9. The van der Waals surface area contributed by atoms with Crippen molar-refractivity contribution in [2.75, 3.05) is 0 Å². The third kappa shape index (κ3) is 4.25. The molecule has 4 heteroatoms. The molecule has 1 heterocycles. The molecule has 0 unspecified atom stereocenters. The van der Waals surface area contributed by atoms with E-state index in [0.717, 1.165) is 5.70 Å². The van der Waals surface area contributed by atoms with Crippen molar-refractivity contribution < 1.29 is 4.39 Å². The van der Waals surface area contributed by atoms with Crippen molar-refractivity contribution in [3.63, 3.8) is 0 Å². The van der Waals surface area contributed by atoms with E-state index in [1.807, 2.05) is 32.0 Å². The summed E-state index contributed by atoms with van der Waals surface area (Å²) in [5.41, 5.74) is 2.45. The van der Waals surface area contributed by atoms with Gasteiger partial charge in [-0.1, -0.05) is 38.1 Å². The predicted molar refractivity (Wildman–Crippen MR) is 87.2 cm³/mol. The molecule has 0 aliphatic carbocycles. The van der Waals surface area contributed by atoms with Crippen LogP contribution in [0, 0.1) is 17.1 Å². The highest BCUT2D eigenvalue weighted by atomic mass is 19.1. The van der Waals surface area contributed by atoms with Crippen LogP contribution >= 0.6 is 0 Å². The van der Waals surface area contributed by atoms with Crippen molar-refractivity contribution in [2.45, 2.75) is 20.4 Å². The molecule has 2 rings (SSSR count). The molecule has 2 N–H and O–H groups in total. The topological polar surface area (TPSA) is 48.8 Å². The van der Waals surface area contributed by atoms with E-state index in [0.29, 0.717) is 23.5 Å². The maximum absolute atomic E-state index is 13.7. The Morgan fingerprint density at radius 3 is 2.59 bits per heavy atom. The highest BCUT2D eigenvalue weighted by Gasteiger charge is 2.08. The number of allylic oxidation sites excluding steroid dienone is 2. The minimum Gasteiger partial charge on any atom is -0.384 e. The number of pyridine rings is 1. The summed E-state index contributed by atoms with van der Waals surface area (Å²) in [5, 5.41) is 11.4. The largest absolute Gasteiger partial charge is 0.384 e. The van der Waals surface area contributed by atoms with E-state index >= 15 is 0 Å². The Morgan fingerprint density at radius 1 is 1.23 bits per heavy atom. The van der Waals surface area contributed by atoms with E-state index in [-0.39, 0.29) is 11.7 Å². The van der Waals surface area contributed by atoms with Gasteiger partial charge < -0.3 is 5.32 Å². The lowest BCUT2D eigenvalue weighted by atomic mass is 10.1. The van der Waals surface area contributed by atoms with Gasteiger partial charge in [-0.2, -0.15) is 0 Å². The molecule has 0 spiro atoms. The number of benzene rings is 1. The lowest BCUT2D eigenvalue weighted by Gasteiger charge is -2.15. The molecule has 0 atom stereocenters. The van der Waals surface area contributed by atoms with Crippen LogP contribution in [-0.2, 0) is 6.54 Å². The highest BCUT2D eigenvalue weighted by molar-refractivity contribution is 6.05. The number of hydrogen-bond donors (Lipinski definition) is 2. The van der Waals surface area contributed by atoms with Crippen molar-refractivity contribution in [3.8, 4) is 0 Å². The van der Waals surface area contributed by atoms with Gasteiger partial charge in [0.25, 0.3) is 0 Å². The normalized spacial score (nSPS) is 11.5. The van der Waals surface area contributed by atoms with Gasteiger partial charge in [-0.3, -0.25) is 10.4 Å². The lowest BCUT2D eigenvalue weighted by Crippen LogP contribution is -2.19. The summed E-state index contributed by atoms with van der Waals surface area (Å²) in [6.45, 7) is 4.46. The molecule has 0 bridgehead atoms. The van der Waals surface area contributed by atoms with Gasteiger partial charge in [0.2, 0.25) is 0 Å². The molecular formula is C18H20FN3. The van der Waals surface area contributed by atoms with Crippen LogP contribution < -0.4 is 5.32 Å². The van der Waals surface area contributed by atoms with Crippen molar-refractivity contribution in [3.05, 3.63) is 77.5 Å². The second kappa shape index (κ2) is 7.50. The molecule has 1 aromatic heterocycles. The summed E-state index contributed by atoms with van der Waals surface area (Å²) in [7, 11) is 0. The molecule has 1 aromatic carbocycles. The zero-order valence-corrected chi connectivity index (χ0v) is 12.8. The van der Waals surface area contributed by atoms with Crippen molar-refractivity contribution in [2.24, 2.45) is 5.92 Å². The molecule has 0 aliphatic rings. The Labute approximate surface area is 130 Å². The third-order valence-corrected chi connectivity index (χ3v) is 3.30. The maximum atomic E-state index is 13.7. The Kier molecular flexibility index (Phi) is 5.42. The second-order valence-corrected chi connectivity index (χ2v) is 5.33. The van der Waals surface area contributed by atoms with Crippen molar-refractivity contribution >= 4 is 5.71 Å². The highest BCUT2D eigenvalue weighted by Crippen LogP contribution is 2.11. The SMILES string of the molecule is CC(C)/C(=C/C(=N)c1ccccn1)NCc1ccccc1F. The first-order valence-corrected chi connectivity index (χ1v) is 7.26. The smallest absolute Gasteiger partial charge is 0.128 e. The van der Waals surface area contributed by atoms with Gasteiger partial charge in [0.1, 0.15) is 5.82 Å². The van der Waals surface area contributed by atoms with E-state index in [2.05, 4.69) is 10.3 Å². The fraction of sp³-hybridized carbons (Fsp3) is 0.222. The van der Waals surface area contributed by atoms with E-state index in [1.165, 1.54) is 6.07 Å². The molecule has 22 heavy (non-hydrogen) atoms. The number of hydrogen-bond acceptors (Lipinski definition) is 3. The summed E-state index contributed by atoms with van der Waals surface area (Å²) < 4.78 is 13.7. The molecule has 0 saturated carbocycles. The van der Waals surface area contributed by atoms with Crippen LogP contribution in [-0.4, -0.2) is 10.7 Å². The number of rotatable bonds is 6. The molecule has 2 aromatic rings. The minimum atomic E-state index is -0.224. The molecule has 0 radical (unpaired) electrons. The van der Waals surface area contributed by atoms with Gasteiger partial charge in [-0.25, -0.2) is 4.39 Å².